The maximum absolute atomic E-state index is 6.15. The average Bonchev–Trinajstić information content (AvgIpc) is 2.85. The van der Waals surface area contributed by atoms with E-state index in [2.05, 4.69) is 30.3 Å². The number of hydrogen-bond donors (Lipinski definition) is 0. The number of hydrogen-bond acceptors (Lipinski definition) is 3. The summed E-state index contributed by atoms with van der Waals surface area (Å²) >= 11 is 1.96. The van der Waals surface area contributed by atoms with E-state index in [9.17, 15) is 0 Å². The van der Waals surface area contributed by atoms with Gasteiger partial charge < -0.3 is 9.47 Å². The largest absolute Gasteiger partial charge is 0.497 e. The monoisotopic (exact) mass is 270 g/mol. The smallest absolute Gasteiger partial charge is 0.140 e. The second-order valence-electron chi connectivity index (χ2n) is 4.87. The van der Waals surface area contributed by atoms with Crippen LogP contribution in [0, 0.1) is 0 Å². The third-order valence-electron chi connectivity index (χ3n) is 3.83. The number of thioether (sulfide) groups is 1. The van der Waals surface area contributed by atoms with E-state index in [0.717, 1.165) is 17.3 Å². The zero-order valence-electron chi connectivity index (χ0n) is 10.6. The molecule has 0 fully saturated rings. The van der Waals surface area contributed by atoms with Gasteiger partial charge in [0.05, 0.1) is 12.4 Å². The van der Waals surface area contributed by atoms with E-state index in [-0.39, 0.29) is 6.10 Å². The Kier molecular flexibility index (Phi) is 2.49. The Morgan fingerprint density at radius 2 is 2.05 bits per heavy atom. The van der Waals surface area contributed by atoms with Crippen molar-refractivity contribution in [1.82, 2.24) is 0 Å². The summed E-state index contributed by atoms with van der Waals surface area (Å²) in [5, 5.41) is 0.428. The van der Waals surface area contributed by atoms with Crippen LogP contribution in [0.3, 0.4) is 0 Å². The number of ether oxygens (including phenoxy) is 2. The lowest BCUT2D eigenvalue weighted by atomic mass is 9.98. The van der Waals surface area contributed by atoms with Crippen LogP contribution in [0.4, 0.5) is 0 Å². The number of methoxy groups -OCH3 is 1. The summed E-state index contributed by atoms with van der Waals surface area (Å²) in [5.41, 5.74) is 3.97. The maximum atomic E-state index is 6.15. The van der Waals surface area contributed by atoms with Crippen molar-refractivity contribution in [3.05, 3.63) is 59.2 Å². The zero-order valence-corrected chi connectivity index (χ0v) is 11.4. The first-order chi connectivity index (χ1) is 9.36. The molecule has 0 aromatic heterocycles. The molecule has 2 aromatic carbocycles. The van der Waals surface area contributed by atoms with Crippen LogP contribution in [0.2, 0.25) is 0 Å². The molecular formula is C16H14O2S. The summed E-state index contributed by atoms with van der Waals surface area (Å²) in [7, 11) is 1.71. The minimum Gasteiger partial charge on any atom is -0.497 e. The van der Waals surface area contributed by atoms with E-state index >= 15 is 0 Å². The van der Waals surface area contributed by atoms with Gasteiger partial charge in [-0.15, -0.1) is 11.8 Å². The van der Waals surface area contributed by atoms with Crippen LogP contribution in [-0.2, 0) is 5.75 Å². The molecule has 2 nitrogen and oxygen atoms in total. The summed E-state index contributed by atoms with van der Waals surface area (Å²) in [6, 6.07) is 14.7. The van der Waals surface area contributed by atoms with Crippen LogP contribution in [-0.4, -0.2) is 7.11 Å². The van der Waals surface area contributed by atoms with Crippen LogP contribution in [0.1, 0.15) is 28.0 Å². The molecule has 2 aliphatic heterocycles. The second kappa shape index (κ2) is 4.20. The molecule has 0 unspecified atom stereocenters. The van der Waals surface area contributed by atoms with Gasteiger partial charge in [-0.1, -0.05) is 24.3 Å². The molecule has 2 aromatic rings. The minimum absolute atomic E-state index is 0.150. The Morgan fingerprint density at radius 3 is 2.95 bits per heavy atom. The molecule has 4 rings (SSSR count). The molecule has 3 heteroatoms. The maximum Gasteiger partial charge on any atom is 0.140 e. The van der Waals surface area contributed by atoms with E-state index < -0.39 is 0 Å². The number of fused-ring (bicyclic) bond motifs is 5. The molecule has 2 aliphatic rings. The first-order valence-corrected chi connectivity index (χ1v) is 7.45. The molecule has 0 amide bonds. The third-order valence-corrected chi connectivity index (χ3v) is 5.17. The number of benzene rings is 2. The molecule has 0 aliphatic carbocycles. The fourth-order valence-corrected chi connectivity index (χ4v) is 4.24. The van der Waals surface area contributed by atoms with E-state index in [1.807, 2.05) is 23.9 Å². The Bertz CT molecular complexity index is 638. The van der Waals surface area contributed by atoms with Gasteiger partial charge in [0.2, 0.25) is 0 Å². The topological polar surface area (TPSA) is 18.5 Å². The molecule has 0 spiro atoms. The van der Waals surface area contributed by atoms with Gasteiger partial charge in [-0.05, 0) is 29.3 Å². The highest BCUT2D eigenvalue weighted by atomic mass is 32.2. The Hall–Kier alpha value is -1.61. The van der Waals surface area contributed by atoms with Gasteiger partial charge in [0, 0.05) is 11.3 Å². The highest BCUT2D eigenvalue weighted by molar-refractivity contribution is 7.98. The van der Waals surface area contributed by atoms with E-state index in [4.69, 9.17) is 9.47 Å². The lowest BCUT2D eigenvalue weighted by Crippen LogP contribution is -2.14. The minimum atomic E-state index is 0.150. The normalized spacial score (nSPS) is 23.0. The van der Waals surface area contributed by atoms with Crippen molar-refractivity contribution in [1.29, 1.82) is 0 Å². The fraction of sp³-hybridized carbons (Fsp3) is 0.250. The standard InChI is InChI=1S/C16H14O2S/c1-17-11-6-7-12-10(8-11)9-19-16-13-4-2-3-5-14(13)18-15(12)16/h2-8,15-16H,9H2,1H3/t15-,16+/m1/s1. The van der Waals surface area contributed by atoms with Crippen molar-refractivity contribution in [2.45, 2.75) is 17.1 Å². The summed E-state index contributed by atoms with van der Waals surface area (Å²) in [5.74, 6) is 2.98. The van der Waals surface area contributed by atoms with Gasteiger partial charge in [-0.25, -0.2) is 0 Å². The SMILES string of the molecule is COc1ccc2c(c1)CS[C@H]1c3ccccc3O[C@H]21. The fourth-order valence-electron chi connectivity index (χ4n) is 2.88. The molecule has 0 saturated carbocycles. The molecule has 19 heavy (non-hydrogen) atoms. The van der Waals surface area contributed by atoms with Crippen LogP contribution < -0.4 is 9.47 Å². The molecule has 0 saturated heterocycles. The number of para-hydroxylation sites is 1. The molecular weight excluding hydrogens is 256 g/mol. The van der Waals surface area contributed by atoms with Gasteiger partial charge >= 0.3 is 0 Å². The Labute approximate surface area is 116 Å². The molecule has 96 valence electrons. The zero-order chi connectivity index (χ0) is 12.8. The van der Waals surface area contributed by atoms with Gasteiger partial charge in [-0.2, -0.15) is 0 Å². The van der Waals surface area contributed by atoms with E-state index in [1.165, 1.54) is 16.7 Å². The van der Waals surface area contributed by atoms with Crippen LogP contribution in [0.5, 0.6) is 11.5 Å². The van der Waals surface area contributed by atoms with Crippen LogP contribution >= 0.6 is 11.8 Å². The molecule has 2 heterocycles. The van der Waals surface area contributed by atoms with Crippen molar-refractivity contribution >= 4 is 11.8 Å². The van der Waals surface area contributed by atoms with Crippen molar-refractivity contribution in [2.24, 2.45) is 0 Å². The van der Waals surface area contributed by atoms with Gasteiger partial charge in [0.25, 0.3) is 0 Å². The lowest BCUT2D eigenvalue weighted by Gasteiger charge is -2.27. The van der Waals surface area contributed by atoms with Crippen LogP contribution in [0.15, 0.2) is 42.5 Å². The molecule has 0 bridgehead atoms. The third kappa shape index (κ3) is 1.65. The van der Waals surface area contributed by atoms with Gasteiger partial charge in [0.1, 0.15) is 17.6 Å². The predicted molar refractivity (Wildman–Crippen MR) is 76.8 cm³/mol. The lowest BCUT2D eigenvalue weighted by molar-refractivity contribution is 0.233. The summed E-state index contributed by atoms with van der Waals surface area (Å²) < 4.78 is 11.5. The van der Waals surface area contributed by atoms with Crippen molar-refractivity contribution in [3.8, 4) is 11.5 Å². The second-order valence-corrected chi connectivity index (χ2v) is 6.00. The molecule has 2 atom stereocenters. The quantitative estimate of drug-likeness (QED) is 0.776. The Morgan fingerprint density at radius 1 is 1.16 bits per heavy atom. The molecule has 0 radical (unpaired) electrons. The average molecular weight is 270 g/mol. The summed E-state index contributed by atoms with van der Waals surface area (Å²) in [6.45, 7) is 0. The Balaban J connectivity index is 1.78. The van der Waals surface area contributed by atoms with E-state index in [0.29, 0.717) is 5.25 Å². The summed E-state index contributed by atoms with van der Waals surface area (Å²) in [6.07, 6.45) is 0.150. The number of rotatable bonds is 1. The predicted octanol–water partition coefficient (Wildman–Crippen LogP) is 4.12. The van der Waals surface area contributed by atoms with Crippen molar-refractivity contribution < 1.29 is 9.47 Å². The first kappa shape index (κ1) is 11.2. The summed E-state index contributed by atoms with van der Waals surface area (Å²) in [4.78, 5) is 0. The van der Waals surface area contributed by atoms with Gasteiger partial charge in [-0.3, -0.25) is 0 Å². The first-order valence-electron chi connectivity index (χ1n) is 6.41. The molecule has 0 N–H and O–H groups in total. The van der Waals surface area contributed by atoms with Gasteiger partial charge in [0.15, 0.2) is 0 Å². The van der Waals surface area contributed by atoms with Crippen molar-refractivity contribution in [3.63, 3.8) is 0 Å². The highest BCUT2D eigenvalue weighted by Gasteiger charge is 2.39. The highest BCUT2D eigenvalue weighted by Crippen LogP contribution is 2.56. The van der Waals surface area contributed by atoms with Crippen LogP contribution in [0.25, 0.3) is 0 Å². The van der Waals surface area contributed by atoms with E-state index in [1.54, 1.807) is 7.11 Å². The van der Waals surface area contributed by atoms with Crippen molar-refractivity contribution in [2.75, 3.05) is 7.11 Å².